The first kappa shape index (κ1) is 16.4. The highest BCUT2D eigenvalue weighted by atomic mass is 35.5. The smallest absolute Gasteiger partial charge is 0.346 e. The molecule has 0 aliphatic rings. The molecule has 114 valence electrons. The molecule has 2 heterocycles. The van der Waals surface area contributed by atoms with Crippen molar-refractivity contribution in [2.45, 2.75) is 17.7 Å². The molecule has 0 aliphatic carbocycles. The van der Waals surface area contributed by atoms with E-state index in [1.54, 1.807) is 19.1 Å². The predicted octanol–water partition coefficient (Wildman–Crippen LogP) is 3.29. The van der Waals surface area contributed by atoms with E-state index in [1.165, 1.54) is 28.8 Å². The molecule has 0 amide bonds. The van der Waals surface area contributed by atoms with E-state index in [-0.39, 0.29) is 15.6 Å². The second kappa shape index (κ2) is 6.05. The molecular formula is C12H12ClNO4S3. The number of hydrogen-bond donors (Lipinski definition) is 1. The fourth-order valence-electron chi connectivity index (χ4n) is 1.69. The van der Waals surface area contributed by atoms with Gasteiger partial charge in [-0.1, -0.05) is 11.6 Å². The number of carboxylic acid groups (broad SMARTS) is 1. The van der Waals surface area contributed by atoms with E-state index in [1.807, 2.05) is 0 Å². The molecule has 2 aromatic heterocycles. The molecule has 5 nitrogen and oxygen atoms in total. The molecule has 0 atom stereocenters. The molecule has 2 aromatic rings. The van der Waals surface area contributed by atoms with Gasteiger partial charge in [0.15, 0.2) is 0 Å². The molecule has 21 heavy (non-hydrogen) atoms. The van der Waals surface area contributed by atoms with Crippen LogP contribution in [0.4, 0.5) is 0 Å². The summed E-state index contributed by atoms with van der Waals surface area (Å²) in [5, 5.41) is 9.01. The summed E-state index contributed by atoms with van der Waals surface area (Å²) < 4.78 is 26.7. The van der Waals surface area contributed by atoms with Gasteiger partial charge in [0.25, 0.3) is 10.0 Å². The Morgan fingerprint density at radius 3 is 2.52 bits per heavy atom. The Balaban J connectivity index is 2.28. The van der Waals surface area contributed by atoms with Crippen molar-refractivity contribution in [3.8, 4) is 0 Å². The van der Waals surface area contributed by atoms with E-state index in [0.717, 1.165) is 16.2 Å². The zero-order valence-electron chi connectivity index (χ0n) is 11.2. The van der Waals surface area contributed by atoms with Crippen molar-refractivity contribution in [3.63, 3.8) is 0 Å². The number of halogens is 1. The maximum Gasteiger partial charge on any atom is 0.346 e. The van der Waals surface area contributed by atoms with E-state index >= 15 is 0 Å². The first-order valence-electron chi connectivity index (χ1n) is 5.76. The second-order valence-electron chi connectivity index (χ2n) is 4.35. The van der Waals surface area contributed by atoms with Gasteiger partial charge in [-0.15, -0.1) is 22.7 Å². The Morgan fingerprint density at radius 1 is 1.38 bits per heavy atom. The summed E-state index contributed by atoms with van der Waals surface area (Å²) in [6.45, 7) is 1.77. The normalized spacial score (nSPS) is 12.0. The van der Waals surface area contributed by atoms with Gasteiger partial charge in [0.05, 0.1) is 4.34 Å². The summed E-state index contributed by atoms with van der Waals surface area (Å²) >= 11 is 7.90. The minimum atomic E-state index is -3.71. The molecule has 0 saturated heterocycles. The van der Waals surface area contributed by atoms with Crippen molar-refractivity contribution in [1.82, 2.24) is 4.31 Å². The Bertz CT molecular complexity index is 778. The fraction of sp³-hybridized carbons (Fsp3) is 0.250. The van der Waals surface area contributed by atoms with E-state index in [0.29, 0.717) is 9.90 Å². The number of sulfonamides is 1. The number of rotatable bonds is 5. The lowest BCUT2D eigenvalue weighted by Gasteiger charge is -2.14. The highest BCUT2D eigenvalue weighted by Crippen LogP contribution is 2.30. The van der Waals surface area contributed by atoms with Crippen LogP contribution >= 0.6 is 34.3 Å². The quantitative estimate of drug-likeness (QED) is 0.882. The molecule has 1 N–H and O–H groups in total. The largest absolute Gasteiger partial charge is 0.477 e. The second-order valence-corrected chi connectivity index (χ2v) is 9.47. The lowest BCUT2D eigenvalue weighted by Crippen LogP contribution is -2.25. The van der Waals surface area contributed by atoms with Crippen LogP contribution in [-0.4, -0.2) is 30.8 Å². The van der Waals surface area contributed by atoms with Gasteiger partial charge in [-0.2, -0.15) is 4.31 Å². The van der Waals surface area contributed by atoms with Crippen molar-refractivity contribution in [3.05, 3.63) is 37.9 Å². The van der Waals surface area contributed by atoms with Crippen molar-refractivity contribution in [2.75, 3.05) is 7.05 Å². The van der Waals surface area contributed by atoms with Crippen LogP contribution in [0.5, 0.6) is 0 Å². The molecule has 9 heteroatoms. The Hall–Kier alpha value is -0.930. The van der Waals surface area contributed by atoms with E-state index in [9.17, 15) is 13.2 Å². The lowest BCUT2D eigenvalue weighted by molar-refractivity contribution is 0.0701. The summed E-state index contributed by atoms with van der Waals surface area (Å²) in [6.07, 6.45) is 0. The van der Waals surface area contributed by atoms with Gasteiger partial charge >= 0.3 is 5.97 Å². The molecule has 0 fully saturated rings. The number of hydrogen-bond acceptors (Lipinski definition) is 5. The summed E-state index contributed by atoms with van der Waals surface area (Å²) in [4.78, 5) is 11.9. The van der Waals surface area contributed by atoms with Crippen LogP contribution in [-0.2, 0) is 16.6 Å². The zero-order valence-corrected chi connectivity index (χ0v) is 14.4. The van der Waals surface area contributed by atoms with Crippen molar-refractivity contribution >= 4 is 50.3 Å². The molecule has 2 rings (SSSR count). The van der Waals surface area contributed by atoms with Crippen LogP contribution in [0.2, 0.25) is 4.34 Å². The highest BCUT2D eigenvalue weighted by molar-refractivity contribution is 7.91. The molecule has 0 aliphatic heterocycles. The van der Waals surface area contributed by atoms with Gasteiger partial charge in [-0.3, -0.25) is 0 Å². The minimum Gasteiger partial charge on any atom is -0.477 e. The maximum absolute atomic E-state index is 12.4. The number of carbonyl (C=O) groups is 1. The van der Waals surface area contributed by atoms with Crippen molar-refractivity contribution < 1.29 is 18.3 Å². The van der Waals surface area contributed by atoms with E-state index in [4.69, 9.17) is 16.7 Å². The Morgan fingerprint density at radius 2 is 2.05 bits per heavy atom. The summed E-state index contributed by atoms with van der Waals surface area (Å²) in [7, 11) is -2.25. The standard InChI is InChI=1S/C12H12ClNO4S3/c1-7-5-10(20-11(7)12(15)16)21(17,18)14(2)6-8-3-4-9(13)19-8/h3-5H,6H2,1-2H3,(H,15,16). The fourth-order valence-corrected chi connectivity index (χ4v) is 5.65. The number of thiophene rings is 2. The first-order chi connectivity index (χ1) is 9.71. The number of aryl methyl sites for hydroxylation is 1. The van der Waals surface area contributed by atoms with Crippen LogP contribution in [0.15, 0.2) is 22.4 Å². The Labute approximate surface area is 135 Å². The molecule has 0 bridgehead atoms. The first-order valence-corrected chi connectivity index (χ1v) is 9.21. The summed E-state index contributed by atoms with van der Waals surface area (Å²) in [5.74, 6) is -1.12. The SMILES string of the molecule is Cc1cc(S(=O)(=O)N(C)Cc2ccc(Cl)s2)sc1C(=O)O. The van der Waals surface area contributed by atoms with Crippen molar-refractivity contribution in [1.29, 1.82) is 0 Å². The number of carboxylic acids is 1. The van der Waals surface area contributed by atoms with Crippen LogP contribution in [0.25, 0.3) is 0 Å². The monoisotopic (exact) mass is 365 g/mol. The third-order valence-electron chi connectivity index (χ3n) is 2.76. The molecule has 0 aromatic carbocycles. The van der Waals surface area contributed by atoms with Crippen molar-refractivity contribution in [2.24, 2.45) is 0 Å². The summed E-state index contributed by atoms with van der Waals surface area (Å²) in [6, 6.07) is 4.86. The summed E-state index contributed by atoms with van der Waals surface area (Å²) in [5.41, 5.74) is 0.443. The van der Waals surface area contributed by atoms with Crippen LogP contribution < -0.4 is 0 Å². The molecule has 0 unspecified atom stereocenters. The van der Waals surface area contributed by atoms with Gasteiger partial charge in [-0.05, 0) is 30.7 Å². The van der Waals surface area contributed by atoms with Gasteiger partial charge in [0, 0.05) is 18.5 Å². The van der Waals surface area contributed by atoms with E-state index in [2.05, 4.69) is 0 Å². The molecule has 0 saturated carbocycles. The van der Waals surface area contributed by atoms with Crippen LogP contribution in [0.3, 0.4) is 0 Å². The van der Waals surface area contributed by atoms with Gasteiger partial charge < -0.3 is 5.11 Å². The van der Waals surface area contributed by atoms with E-state index < -0.39 is 16.0 Å². The lowest BCUT2D eigenvalue weighted by atomic mass is 10.3. The zero-order chi connectivity index (χ0) is 15.8. The predicted molar refractivity (Wildman–Crippen MR) is 84.0 cm³/mol. The van der Waals surface area contributed by atoms with Gasteiger partial charge in [-0.25, -0.2) is 13.2 Å². The minimum absolute atomic E-state index is 0.0301. The molecule has 0 radical (unpaired) electrons. The third-order valence-corrected chi connectivity index (χ3v) is 7.45. The van der Waals surface area contributed by atoms with Gasteiger partial charge in [0.1, 0.15) is 9.09 Å². The average molecular weight is 366 g/mol. The molecular weight excluding hydrogens is 354 g/mol. The highest BCUT2D eigenvalue weighted by Gasteiger charge is 2.26. The topological polar surface area (TPSA) is 74.7 Å². The maximum atomic E-state index is 12.4. The van der Waals surface area contributed by atoms with Crippen LogP contribution in [0.1, 0.15) is 20.1 Å². The molecule has 0 spiro atoms. The number of aromatic carboxylic acids is 1. The number of nitrogens with zero attached hydrogens (tertiary/aromatic N) is 1. The Kier molecular flexibility index (Phi) is 4.74. The van der Waals surface area contributed by atoms with Crippen LogP contribution in [0, 0.1) is 6.92 Å². The third kappa shape index (κ3) is 3.46. The van der Waals surface area contributed by atoms with Gasteiger partial charge in [0.2, 0.25) is 0 Å². The average Bonchev–Trinajstić information content (AvgIpc) is 2.95.